The molecule has 0 saturated carbocycles. The standard InChI is InChI=1S/C5H5N.CH3NO2/c1-2-4-6-5-3-1;2-1(3)4/h1-5H;2H2,(H,3,4). The molecule has 0 radical (unpaired) electrons. The maximum absolute atomic E-state index is 8.78. The van der Waals surface area contributed by atoms with Gasteiger partial charge in [0.1, 0.15) is 0 Å². The number of nitrogens with zero attached hydrogens (tertiary/aromatic N) is 1. The van der Waals surface area contributed by atoms with Gasteiger partial charge < -0.3 is 10.8 Å². The molecule has 1 rings (SSSR count). The highest BCUT2D eigenvalue weighted by atomic mass is 16.4. The van der Waals surface area contributed by atoms with E-state index >= 15 is 0 Å². The number of primary amides is 1. The third kappa shape index (κ3) is 9.65. The molecule has 0 unspecified atom stereocenters. The van der Waals surface area contributed by atoms with Gasteiger partial charge in [-0.1, -0.05) is 6.07 Å². The molecule has 0 fully saturated rings. The average molecular weight is 140 g/mol. The molecule has 0 aliphatic heterocycles. The summed E-state index contributed by atoms with van der Waals surface area (Å²) >= 11 is 0. The van der Waals surface area contributed by atoms with E-state index in [1.165, 1.54) is 0 Å². The summed E-state index contributed by atoms with van der Waals surface area (Å²) in [5.74, 6) is 0. The Labute approximate surface area is 58.3 Å². The van der Waals surface area contributed by atoms with Gasteiger partial charge in [-0.15, -0.1) is 0 Å². The topological polar surface area (TPSA) is 76.2 Å². The summed E-state index contributed by atoms with van der Waals surface area (Å²) in [7, 11) is 0. The smallest absolute Gasteiger partial charge is 0.402 e. The lowest BCUT2D eigenvalue weighted by Crippen LogP contribution is -2.03. The first-order valence-corrected chi connectivity index (χ1v) is 2.57. The van der Waals surface area contributed by atoms with Gasteiger partial charge in [0.25, 0.3) is 0 Å². The maximum atomic E-state index is 8.78. The molecule has 0 aliphatic carbocycles. The van der Waals surface area contributed by atoms with Crippen LogP contribution in [0.5, 0.6) is 0 Å². The Balaban J connectivity index is 0.000000180. The quantitative estimate of drug-likeness (QED) is 0.557. The third-order valence-electron chi connectivity index (χ3n) is 0.566. The van der Waals surface area contributed by atoms with E-state index in [2.05, 4.69) is 10.7 Å². The number of nitrogens with two attached hydrogens (primary N) is 1. The van der Waals surface area contributed by atoms with E-state index < -0.39 is 6.09 Å². The Bertz CT molecular complexity index is 146. The molecule has 1 aromatic rings. The summed E-state index contributed by atoms with van der Waals surface area (Å²) < 4.78 is 0. The molecule has 4 heteroatoms. The minimum Gasteiger partial charge on any atom is -0.465 e. The van der Waals surface area contributed by atoms with Gasteiger partial charge in [-0.25, -0.2) is 4.79 Å². The van der Waals surface area contributed by atoms with Crippen molar-refractivity contribution < 1.29 is 9.90 Å². The predicted octanol–water partition coefficient (Wildman–Crippen LogP) is 0.705. The van der Waals surface area contributed by atoms with Crippen molar-refractivity contribution in [2.24, 2.45) is 5.73 Å². The first kappa shape index (κ1) is 8.42. The largest absolute Gasteiger partial charge is 0.465 e. The van der Waals surface area contributed by atoms with Gasteiger partial charge in [0.15, 0.2) is 0 Å². The summed E-state index contributed by atoms with van der Waals surface area (Å²) in [5, 5.41) is 7.19. The van der Waals surface area contributed by atoms with Crippen molar-refractivity contribution in [1.29, 1.82) is 0 Å². The van der Waals surface area contributed by atoms with Gasteiger partial charge in [-0.05, 0) is 12.1 Å². The van der Waals surface area contributed by atoms with Crippen LogP contribution >= 0.6 is 0 Å². The van der Waals surface area contributed by atoms with Crippen LogP contribution in [-0.4, -0.2) is 16.2 Å². The summed E-state index contributed by atoms with van der Waals surface area (Å²) in [6.07, 6.45) is 2.17. The number of aromatic nitrogens is 1. The van der Waals surface area contributed by atoms with Crippen LogP contribution in [-0.2, 0) is 0 Å². The Hall–Kier alpha value is -1.58. The van der Waals surface area contributed by atoms with Crippen LogP contribution in [0.4, 0.5) is 4.79 Å². The van der Waals surface area contributed by atoms with Crippen molar-refractivity contribution in [2.75, 3.05) is 0 Å². The van der Waals surface area contributed by atoms with Crippen molar-refractivity contribution in [2.45, 2.75) is 0 Å². The van der Waals surface area contributed by atoms with Gasteiger partial charge in [-0.2, -0.15) is 0 Å². The molecule has 0 aromatic carbocycles. The number of carboxylic acid groups (broad SMARTS) is 1. The zero-order chi connectivity index (χ0) is 7.82. The minimum atomic E-state index is -1.33. The number of hydrogen-bond donors (Lipinski definition) is 2. The lowest BCUT2D eigenvalue weighted by Gasteiger charge is -1.70. The van der Waals surface area contributed by atoms with Gasteiger partial charge in [0, 0.05) is 12.4 Å². The Morgan fingerprint density at radius 2 is 1.70 bits per heavy atom. The summed E-state index contributed by atoms with van der Waals surface area (Å²) in [6.45, 7) is 0. The highest BCUT2D eigenvalue weighted by Crippen LogP contribution is 1.73. The monoisotopic (exact) mass is 140 g/mol. The van der Waals surface area contributed by atoms with E-state index in [1.54, 1.807) is 12.4 Å². The van der Waals surface area contributed by atoms with Crippen molar-refractivity contribution in [3.05, 3.63) is 30.6 Å². The van der Waals surface area contributed by atoms with Crippen molar-refractivity contribution in [1.82, 2.24) is 4.98 Å². The van der Waals surface area contributed by atoms with Crippen molar-refractivity contribution in [3.63, 3.8) is 0 Å². The molecule has 10 heavy (non-hydrogen) atoms. The van der Waals surface area contributed by atoms with Gasteiger partial charge in [-0.3, -0.25) is 4.98 Å². The van der Waals surface area contributed by atoms with Gasteiger partial charge >= 0.3 is 6.09 Å². The zero-order valence-corrected chi connectivity index (χ0v) is 5.27. The van der Waals surface area contributed by atoms with Crippen LogP contribution < -0.4 is 5.73 Å². The lowest BCUT2D eigenvalue weighted by atomic mass is 10.5. The number of carbonyl (C=O) groups is 1. The highest BCUT2D eigenvalue weighted by molar-refractivity contribution is 5.61. The van der Waals surface area contributed by atoms with Crippen LogP contribution in [0.15, 0.2) is 30.6 Å². The van der Waals surface area contributed by atoms with E-state index in [-0.39, 0.29) is 0 Å². The SMILES string of the molecule is NC(=O)O.c1ccncc1. The van der Waals surface area contributed by atoms with Crippen molar-refractivity contribution in [3.8, 4) is 0 Å². The second kappa shape index (κ2) is 5.55. The fourth-order valence-electron chi connectivity index (χ4n) is 0.313. The molecule has 0 bridgehead atoms. The summed E-state index contributed by atoms with van der Waals surface area (Å²) in [6, 6.07) is 5.72. The van der Waals surface area contributed by atoms with E-state index in [0.717, 1.165) is 0 Å². The van der Waals surface area contributed by atoms with Crippen molar-refractivity contribution >= 4 is 6.09 Å². The highest BCUT2D eigenvalue weighted by Gasteiger charge is 1.65. The van der Waals surface area contributed by atoms with Crippen LogP contribution in [0, 0.1) is 0 Å². The maximum Gasteiger partial charge on any atom is 0.402 e. The number of rotatable bonds is 0. The second-order valence-electron chi connectivity index (χ2n) is 1.36. The molecule has 1 heterocycles. The molecule has 0 aliphatic rings. The molecule has 1 aromatic heterocycles. The molecule has 54 valence electrons. The van der Waals surface area contributed by atoms with Crippen LogP contribution in [0.3, 0.4) is 0 Å². The van der Waals surface area contributed by atoms with Gasteiger partial charge in [0.05, 0.1) is 0 Å². The molecular formula is C6H8N2O2. The van der Waals surface area contributed by atoms with E-state index in [4.69, 9.17) is 9.90 Å². The molecule has 4 nitrogen and oxygen atoms in total. The van der Waals surface area contributed by atoms with E-state index in [9.17, 15) is 0 Å². The van der Waals surface area contributed by atoms with Crippen LogP contribution in [0.25, 0.3) is 0 Å². The van der Waals surface area contributed by atoms with Gasteiger partial charge in [0.2, 0.25) is 0 Å². The normalized spacial score (nSPS) is 7.20. The van der Waals surface area contributed by atoms with Crippen LogP contribution in [0.1, 0.15) is 0 Å². The van der Waals surface area contributed by atoms with Crippen LogP contribution in [0.2, 0.25) is 0 Å². The first-order chi connectivity index (χ1) is 4.73. The number of pyridine rings is 1. The number of amides is 1. The minimum absolute atomic E-state index is 1.33. The predicted molar refractivity (Wildman–Crippen MR) is 36.4 cm³/mol. The Kier molecular flexibility index (Phi) is 4.68. The Morgan fingerprint density at radius 1 is 1.30 bits per heavy atom. The molecule has 0 atom stereocenters. The molecule has 0 saturated heterocycles. The molecule has 0 spiro atoms. The zero-order valence-electron chi connectivity index (χ0n) is 5.27. The molecule has 3 N–H and O–H groups in total. The van der Waals surface area contributed by atoms with E-state index in [0.29, 0.717) is 0 Å². The van der Waals surface area contributed by atoms with E-state index in [1.807, 2.05) is 18.2 Å². The molecule has 1 amide bonds. The number of hydrogen-bond acceptors (Lipinski definition) is 2. The second-order valence-corrected chi connectivity index (χ2v) is 1.36. The fraction of sp³-hybridized carbons (Fsp3) is 0. The summed E-state index contributed by atoms with van der Waals surface area (Å²) in [4.78, 5) is 12.6. The average Bonchev–Trinajstić information content (AvgIpc) is 1.90. The fourth-order valence-corrected chi connectivity index (χ4v) is 0.313. The first-order valence-electron chi connectivity index (χ1n) is 2.57. The summed E-state index contributed by atoms with van der Waals surface area (Å²) in [5.41, 5.74) is 4.03. The Morgan fingerprint density at radius 3 is 1.80 bits per heavy atom. The third-order valence-corrected chi connectivity index (χ3v) is 0.566. The molecular weight excluding hydrogens is 132 g/mol. The lowest BCUT2D eigenvalue weighted by molar-refractivity contribution is 0.205.